The van der Waals surface area contributed by atoms with Gasteiger partial charge in [0.25, 0.3) is 0 Å². The van der Waals surface area contributed by atoms with Crippen molar-refractivity contribution in [2.45, 2.75) is 64.4 Å². The molecule has 0 atom stereocenters. The Morgan fingerprint density at radius 2 is 1.81 bits per heavy atom. The molecule has 1 aliphatic carbocycles. The van der Waals surface area contributed by atoms with Crippen LogP contribution in [-0.4, -0.2) is 47.7 Å². The molecule has 0 radical (unpaired) electrons. The average molecular weight is 297 g/mol. The third kappa shape index (κ3) is 4.43. The second kappa shape index (κ2) is 7.25. The van der Waals surface area contributed by atoms with Gasteiger partial charge in [-0.25, -0.2) is 0 Å². The molecular formula is C16H27NO4. The first-order chi connectivity index (χ1) is 10.0. The maximum Gasteiger partial charge on any atom is 0.303 e. The van der Waals surface area contributed by atoms with Crippen LogP contribution < -0.4 is 0 Å². The standard InChI is InChI=1S/C16H27NO4/c1-2-21-13-5-9-17(10-6-13)14(18)11-16(12-15(19)20)7-3-4-8-16/h13H,2-12H2,1H3,(H,19,20). The van der Waals surface area contributed by atoms with Gasteiger partial charge in [0.1, 0.15) is 0 Å². The number of aliphatic carboxylic acids is 1. The molecule has 0 unspecified atom stereocenters. The molecule has 21 heavy (non-hydrogen) atoms. The maximum atomic E-state index is 12.5. The molecule has 0 aromatic heterocycles. The fourth-order valence-corrected chi connectivity index (χ4v) is 3.80. The predicted molar refractivity (Wildman–Crippen MR) is 79.0 cm³/mol. The summed E-state index contributed by atoms with van der Waals surface area (Å²) in [5.74, 6) is -0.646. The van der Waals surface area contributed by atoms with Gasteiger partial charge >= 0.3 is 5.97 Å². The molecule has 1 N–H and O–H groups in total. The van der Waals surface area contributed by atoms with E-state index in [9.17, 15) is 9.59 Å². The summed E-state index contributed by atoms with van der Waals surface area (Å²) < 4.78 is 5.60. The molecule has 2 aliphatic rings. The van der Waals surface area contributed by atoms with E-state index in [4.69, 9.17) is 9.84 Å². The zero-order valence-electron chi connectivity index (χ0n) is 13.0. The molecule has 2 rings (SSSR count). The Labute approximate surface area is 126 Å². The van der Waals surface area contributed by atoms with Crippen molar-refractivity contribution in [3.63, 3.8) is 0 Å². The van der Waals surface area contributed by atoms with E-state index in [-0.39, 0.29) is 23.8 Å². The minimum Gasteiger partial charge on any atom is -0.481 e. The number of carboxylic acid groups (broad SMARTS) is 1. The minimum atomic E-state index is -0.778. The fraction of sp³-hybridized carbons (Fsp3) is 0.875. The second-order valence-corrected chi connectivity index (χ2v) is 6.49. The highest BCUT2D eigenvalue weighted by atomic mass is 16.5. The molecule has 0 spiro atoms. The zero-order chi connectivity index (χ0) is 15.3. The highest BCUT2D eigenvalue weighted by Crippen LogP contribution is 2.44. The first-order valence-electron chi connectivity index (χ1n) is 8.16. The fourth-order valence-electron chi connectivity index (χ4n) is 3.80. The lowest BCUT2D eigenvalue weighted by atomic mass is 9.79. The van der Waals surface area contributed by atoms with E-state index >= 15 is 0 Å². The minimum absolute atomic E-state index is 0.132. The summed E-state index contributed by atoms with van der Waals surface area (Å²) in [7, 11) is 0. The number of carbonyl (C=O) groups is 2. The highest BCUT2D eigenvalue weighted by molar-refractivity contribution is 5.78. The average Bonchev–Trinajstić information content (AvgIpc) is 2.87. The molecule has 1 aliphatic heterocycles. The summed E-state index contributed by atoms with van der Waals surface area (Å²) >= 11 is 0. The molecule has 1 heterocycles. The van der Waals surface area contributed by atoms with Crippen LogP contribution in [-0.2, 0) is 14.3 Å². The van der Waals surface area contributed by atoms with E-state index in [0.717, 1.165) is 58.2 Å². The van der Waals surface area contributed by atoms with E-state index in [1.54, 1.807) is 0 Å². The molecular weight excluding hydrogens is 270 g/mol. The number of amides is 1. The van der Waals surface area contributed by atoms with E-state index < -0.39 is 5.97 Å². The first-order valence-corrected chi connectivity index (χ1v) is 8.16. The van der Waals surface area contributed by atoms with Gasteiger partial charge in [0.15, 0.2) is 0 Å². The number of likely N-dealkylation sites (tertiary alicyclic amines) is 1. The molecule has 0 bridgehead atoms. The lowest BCUT2D eigenvalue weighted by Crippen LogP contribution is -2.42. The van der Waals surface area contributed by atoms with E-state index in [1.807, 2.05) is 11.8 Å². The third-order valence-corrected chi connectivity index (χ3v) is 4.91. The van der Waals surface area contributed by atoms with Crippen LogP contribution in [0, 0.1) is 5.41 Å². The predicted octanol–water partition coefficient (Wildman–Crippen LogP) is 2.44. The van der Waals surface area contributed by atoms with Crippen molar-refractivity contribution in [2.75, 3.05) is 19.7 Å². The Bertz CT molecular complexity index is 368. The highest BCUT2D eigenvalue weighted by Gasteiger charge is 2.39. The molecule has 2 fully saturated rings. The van der Waals surface area contributed by atoms with Crippen molar-refractivity contribution in [1.82, 2.24) is 4.90 Å². The second-order valence-electron chi connectivity index (χ2n) is 6.49. The van der Waals surface area contributed by atoms with Crippen molar-refractivity contribution in [2.24, 2.45) is 5.41 Å². The number of piperidine rings is 1. The van der Waals surface area contributed by atoms with Crippen molar-refractivity contribution in [3.8, 4) is 0 Å². The van der Waals surface area contributed by atoms with Crippen molar-refractivity contribution in [1.29, 1.82) is 0 Å². The topological polar surface area (TPSA) is 66.8 Å². The van der Waals surface area contributed by atoms with Crippen LogP contribution in [0.2, 0.25) is 0 Å². The van der Waals surface area contributed by atoms with Crippen LogP contribution in [0.4, 0.5) is 0 Å². The summed E-state index contributed by atoms with van der Waals surface area (Å²) in [6.45, 7) is 4.20. The van der Waals surface area contributed by atoms with E-state index in [1.165, 1.54) is 0 Å². The summed E-state index contributed by atoms with van der Waals surface area (Å²) in [5.41, 5.74) is -0.292. The van der Waals surface area contributed by atoms with Gasteiger partial charge in [0.05, 0.1) is 12.5 Å². The van der Waals surface area contributed by atoms with Crippen LogP contribution in [0.15, 0.2) is 0 Å². The summed E-state index contributed by atoms with van der Waals surface area (Å²) in [5, 5.41) is 9.11. The SMILES string of the molecule is CCOC1CCN(C(=O)CC2(CC(=O)O)CCCC2)CC1. The van der Waals surface area contributed by atoms with Gasteiger partial charge in [-0.15, -0.1) is 0 Å². The van der Waals surface area contributed by atoms with Crippen LogP contribution in [0.25, 0.3) is 0 Å². The Morgan fingerprint density at radius 1 is 1.19 bits per heavy atom. The smallest absolute Gasteiger partial charge is 0.303 e. The van der Waals surface area contributed by atoms with Crippen molar-refractivity contribution in [3.05, 3.63) is 0 Å². The Hall–Kier alpha value is -1.10. The van der Waals surface area contributed by atoms with Gasteiger partial charge < -0.3 is 14.7 Å². The first kappa shape index (κ1) is 16.3. The maximum absolute atomic E-state index is 12.5. The molecule has 120 valence electrons. The van der Waals surface area contributed by atoms with Crippen LogP contribution >= 0.6 is 0 Å². The quantitative estimate of drug-likeness (QED) is 0.817. The number of hydrogen-bond donors (Lipinski definition) is 1. The Kier molecular flexibility index (Phi) is 5.62. The Balaban J connectivity index is 1.87. The summed E-state index contributed by atoms with van der Waals surface area (Å²) in [6, 6.07) is 0. The van der Waals surface area contributed by atoms with E-state index in [2.05, 4.69) is 0 Å². The van der Waals surface area contributed by atoms with E-state index in [0.29, 0.717) is 6.42 Å². The third-order valence-electron chi connectivity index (χ3n) is 4.91. The lowest BCUT2D eigenvalue weighted by molar-refractivity contribution is -0.142. The molecule has 5 heteroatoms. The summed E-state index contributed by atoms with van der Waals surface area (Å²) in [6.07, 6.45) is 6.45. The monoisotopic (exact) mass is 297 g/mol. The van der Waals surface area contributed by atoms with Gasteiger partial charge in [-0.1, -0.05) is 12.8 Å². The normalized spacial score (nSPS) is 22.4. The Morgan fingerprint density at radius 3 is 2.33 bits per heavy atom. The van der Waals surface area contributed by atoms with Gasteiger partial charge in [0.2, 0.25) is 5.91 Å². The number of rotatable bonds is 6. The molecule has 1 saturated carbocycles. The van der Waals surface area contributed by atoms with Crippen molar-refractivity contribution < 1.29 is 19.4 Å². The van der Waals surface area contributed by atoms with Gasteiger partial charge in [-0.05, 0) is 38.0 Å². The molecule has 5 nitrogen and oxygen atoms in total. The number of carboxylic acids is 1. The molecule has 1 amide bonds. The zero-order valence-corrected chi connectivity index (χ0v) is 13.0. The van der Waals surface area contributed by atoms with Gasteiger partial charge in [0, 0.05) is 26.1 Å². The molecule has 1 saturated heterocycles. The number of nitrogens with zero attached hydrogens (tertiary/aromatic N) is 1. The number of ether oxygens (including phenoxy) is 1. The molecule has 0 aromatic carbocycles. The van der Waals surface area contributed by atoms with Gasteiger partial charge in [-0.2, -0.15) is 0 Å². The van der Waals surface area contributed by atoms with Crippen LogP contribution in [0.3, 0.4) is 0 Å². The summed E-state index contributed by atoms with van der Waals surface area (Å²) in [4.78, 5) is 25.5. The largest absolute Gasteiger partial charge is 0.481 e. The number of carbonyl (C=O) groups excluding carboxylic acids is 1. The molecule has 0 aromatic rings. The van der Waals surface area contributed by atoms with Gasteiger partial charge in [-0.3, -0.25) is 9.59 Å². The van der Waals surface area contributed by atoms with Crippen LogP contribution in [0.1, 0.15) is 58.3 Å². The van der Waals surface area contributed by atoms with Crippen LogP contribution in [0.5, 0.6) is 0 Å². The van der Waals surface area contributed by atoms with Crippen molar-refractivity contribution >= 4 is 11.9 Å². The lowest BCUT2D eigenvalue weighted by Gasteiger charge is -2.35. The number of hydrogen-bond acceptors (Lipinski definition) is 3.